The second kappa shape index (κ2) is 11.1. The molecule has 2 heterocycles. The molecule has 0 radical (unpaired) electrons. The quantitative estimate of drug-likeness (QED) is 0.300. The molecule has 0 fully saturated rings. The molecule has 0 aliphatic rings. The van der Waals surface area contributed by atoms with Crippen molar-refractivity contribution in [3.63, 3.8) is 0 Å². The number of aryl methyl sites for hydroxylation is 1. The Morgan fingerprint density at radius 2 is 2.18 bits per heavy atom. The zero-order valence-corrected chi connectivity index (χ0v) is 20.3. The van der Waals surface area contributed by atoms with E-state index in [1.165, 1.54) is 36.5 Å². The second-order valence-corrected chi connectivity index (χ2v) is 9.89. The summed E-state index contributed by atoms with van der Waals surface area (Å²) in [6.07, 6.45) is 4.38. The van der Waals surface area contributed by atoms with Gasteiger partial charge in [-0.2, -0.15) is 4.99 Å². The smallest absolute Gasteiger partial charge is 0.487 e. The van der Waals surface area contributed by atoms with E-state index in [0.717, 1.165) is 23.1 Å². The van der Waals surface area contributed by atoms with Crippen molar-refractivity contribution in [2.75, 3.05) is 6.61 Å². The van der Waals surface area contributed by atoms with Gasteiger partial charge < -0.3 is 14.2 Å². The molecule has 3 rings (SSSR count). The predicted octanol–water partition coefficient (Wildman–Crippen LogP) is 4.94. The van der Waals surface area contributed by atoms with Crippen LogP contribution in [0.1, 0.15) is 37.0 Å². The largest absolute Gasteiger partial charge is 0.490 e. The van der Waals surface area contributed by atoms with Crippen molar-refractivity contribution in [2.45, 2.75) is 39.3 Å². The summed E-state index contributed by atoms with van der Waals surface area (Å²) in [6, 6.07) is 6.34. The highest BCUT2D eigenvalue weighted by Gasteiger charge is 2.24. The van der Waals surface area contributed by atoms with E-state index in [1.807, 2.05) is 10.6 Å². The molecule has 2 atom stereocenters. The zero-order valence-electron chi connectivity index (χ0n) is 17.9. The van der Waals surface area contributed by atoms with Crippen LogP contribution in [0, 0.1) is 4.91 Å². The Morgan fingerprint density at radius 1 is 1.39 bits per heavy atom. The molecule has 1 aromatic carbocycles. The van der Waals surface area contributed by atoms with Crippen molar-refractivity contribution in [3.05, 3.63) is 57.0 Å². The van der Waals surface area contributed by atoms with Crippen LogP contribution in [0.4, 0.5) is 0 Å². The molecule has 33 heavy (non-hydrogen) atoms. The lowest BCUT2D eigenvalue weighted by Gasteiger charge is -2.15. The van der Waals surface area contributed by atoms with Crippen molar-refractivity contribution in [3.8, 4) is 5.75 Å². The van der Waals surface area contributed by atoms with Crippen LogP contribution in [0.3, 0.4) is 0 Å². The third-order valence-corrected chi connectivity index (χ3v) is 6.62. The minimum absolute atomic E-state index is 0.119. The number of thiazole rings is 1. The molecule has 10 nitrogen and oxygen atoms in total. The van der Waals surface area contributed by atoms with E-state index in [0.29, 0.717) is 16.4 Å². The molecule has 1 amide bonds. The summed E-state index contributed by atoms with van der Waals surface area (Å²) >= 11 is 7.47. The van der Waals surface area contributed by atoms with E-state index in [-0.39, 0.29) is 17.9 Å². The van der Waals surface area contributed by atoms with Gasteiger partial charge in [0.15, 0.2) is 4.80 Å². The molecule has 176 valence electrons. The maximum absolute atomic E-state index is 13.1. The van der Waals surface area contributed by atoms with Crippen LogP contribution in [0.25, 0.3) is 10.2 Å². The number of hydrogen-bond donors (Lipinski definition) is 1. The highest BCUT2D eigenvalue weighted by molar-refractivity contribution is 7.51. The Balaban J connectivity index is 1.92. The predicted molar refractivity (Wildman–Crippen MR) is 126 cm³/mol. The topological polar surface area (TPSA) is 132 Å². The third-order valence-electron chi connectivity index (χ3n) is 4.48. The number of nitroso groups, excluding NO2 is 1. The lowest BCUT2D eigenvalue weighted by Crippen LogP contribution is -2.19. The molecule has 3 aromatic rings. The van der Waals surface area contributed by atoms with E-state index in [9.17, 15) is 19.2 Å². The Labute approximate surface area is 198 Å². The van der Waals surface area contributed by atoms with Crippen LogP contribution in [0.15, 0.2) is 46.6 Å². The second-order valence-electron chi connectivity index (χ2n) is 7.09. The number of aromatic nitrogens is 2. The van der Waals surface area contributed by atoms with Crippen molar-refractivity contribution in [2.24, 2.45) is 9.94 Å². The number of carbonyl (C=O) groups excluding carboxylic acids is 1. The van der Waals surface area contributed by atoms with Gasteiger partial charge in [0.05, 0.1) is 22.0 Å². The highest BCUT2D eigenvalue weighted by atomic mass is 35.5. The van der Waals surface area contributed by atoms with E-state index >= 15 is 0 Å². The molecule has 0 aliphatic heterocycles. The van der Waals surface area contributed by atoms with E-state index in [2.05, 4.69) is 26.4 Å². The van der Waals surface area contributed by atoms with Crippen molar-refractivity contribution >= 4 is 46.8 Å². The molecule has 1 unspecified atom stereocenters. The minimum Gasteiger partial charge on any atom is -0.490 e. The Kier molecular flexibility index (Phi) is 8.50. The summed E-state index contributed by atoms with van der Waals surface area (Å²) in [5.41, 5.74) is 1.02. The Morgan fingerprint density at radius 3 is 2.91 bits per heavy atom. The van der Waals surface area contributed by atoms with E-state index < -0.39 is 19.8 Å². The van der Waals surface area contributed by atoms with Gasteiger partial charge in [-0.05, 0) is 37.6 Å². The maximum Gasteiger partial charge on any atom is 0.487 e. The molecule has 0 spiro atoms. The normalized spacial score (nSPS) is 14.7. The number of halogens is 1. The lowest BCUT2D eigenvalue weighted by molar-refractivity contribution is 0.0983. The van der Waals surface area contributed by atoms with Gasteiger partial charge in [-0.25, -0.2) is 4.57 Å². The van der Waals surface area contributed by atoms with Crippen molar-refractivity contribution < 1.29 is 23.5 Å². The Bertz CT molecular complexity index is 1280. The van der Waals surface area contributed by atoms with Gasteiger partial charge in [-0.1, -0.05) is 36.3 Å². The summed E-state index contributed by atoms with van der Waals surface area (Å²) in [6.45, 7) is 3.98. The number of pyridine rings is 1. The summed E-state index contributed by atoms with van der Waals surface area (Å²) in [7, 11) is -4.59. The third kappa shape index (κ3) is 6.55. The Hall–Kier alpha value is -2.43. The van der Waals surface area contributed by atoms with Crippen LogP contribution >= 0.6 is 30.7 Å². The number of fused-ring (bicyclic) bond motifs is 1. The SMILES string of the molecule is CCCCn1/c(=N/C(=O)c2cc(Cl)ccc2OC[C@H](C)OP(=O)(O)N=O)sc2ccncc21. The van der Waals surface area contributed by atoms with Crippen LogP contribution in [0.5, 0.6) is 5.75 Å². The molecule has 0 saturated carbocycles. The number of hydrogen-bond acceptors (Lipinski definition) is 7. The number of amides is 1. The summed E-state index contributed by atoms with van der Waals surface area (Å²) in [4.78, 5) is 43.7. The van der Waals surface area contributed by atoms with Gasteiger partial charge >= 0.3 is 7.75 Å². The first-order valence-electron chi connectivity index (χ1n) is 10.0. The molecular weight excluding hydrogens is 491 g/mol. The number of carbonyl (C=O) groups is 1. The van der Waals surface area contributed by atoms with E-state index in [4.69, 9.17) is 16.3 Å². The number of benzene rings is 1. The van der Waals surface area contributed by atoms with E-state index in [1.54, 1.807) is 12.4 Å². The standard InChI is InChI=1S/C20H22ClN4O6PS/c1-3-4-9-25-16-11-22-8-7-18(16)33-20(25)23-19(26)15-10-14(21)5-6-17(15)30-12-13(2)31-32(28,29)24-27/h5-8,10-11,13H,3-4,9,12H2,1-2H3,(H,28,29)/b23-20-/t13-/m0/s1. The lowest BCUT2D eigenvalue weighted by atomic mass is 10.2. The average Bonchev–Trinajstić information content (AvgIpc) is 3.13. The molecule has 0 saturated heterocycles. The number of ether oxygens (including phenoxy) is 1. The van der Waals surface area contributed by atoms with Crippen LogP contribution in [0.2, 0.25) is 5.02 Å². The summed E-state index contributed by atoms with van der Waals surface area (Å²) in [5.74, 6) is -0.397. The first-order chi connectivity index (χ1) is 15.7. The van der Waals surface area contributed by atoms with Gasteiger partial charge in [0.25, 0.3) is 5.91 Å². The number of nitrogens with zero attached hydrogens (tertiary/aromatic N) is 4. The van der Waals surface area contributed by atoms with Gasteiger partial charge in [-0.3, -0.25) is 14.3 Å². The number of unbranched alkanes of at least 4 members (excludes halogenated alkanes) is 1. The first-order valence-corrected chi connectivity index (χ1v) is 12.8. The molecular formula is C20H22ClN4O6PS. The maximum atomic E-state index is 13.1. The van der Waals surface area contributed by atoms with Crippen LogP contribution < -0.4 is 9.54 Å². The van der Waals surface area contributed by atoms with Gasteiger partial charge in [-0.15, -0.1) is 4.91 Å². The molecule has 0 aliphatic carbocycles. The average molecular weight is 513 g/mol. The van der Waals surface area contributed by atoms with Gasteiger partial charge in [0.1, 0.15) is 18.5 Å². The summed E-state index contributed by atoms with van der Waals surface area (Å²) in [5, 5.41) is 0.314. The molecule has 2 aromatic heterocycles. The monoisotopic (exact) mass is 512 g/mol. The van der Waals surface area contributed by atoms with Gasteiger partial charge in [0, 0.05) is 22.7 Å². The number of rotatable bonds is 10. The highest BCUT2D eigenvalue weighted by Crippen LogP contribution is 2.44. The molecule has 1 N–H and O–H groups in total. The fourth-order valence-corrected chi connectivity index (χ4v) is 4.73. The van der Waals surface area contributed by atoms with Crippen molar-refractivity contribution in [1.29, 1.82) is 0 Å². The fraction of sp³-hybridized carbons (Fsp3) is 0.350. The van der Waals surface area contributed by atoms with Crippen LogP contribution in [-0.2, 0) is 15.6 Å². The summed E-state index contributed by atoms with van der Waals surface area (Å²) < 4.78 is 24.5. The van der Waals surface area contributed by atoms with Crippen LogP contribution in [-0.4, -0.2) is 33.1 Å². The minimum atomic E-state index is -4.59. The molecule has 0 bridgehead atoms. The molecule has 13 heteroatoms. The van der Waals surface area contributed by atoms with Crippen molar-refractivity contribution in [1.82, 2.24) is 9.55 Å². The fourth-order valence-electron chi connectivity index (χ4n) is 2.97. The zero-order chi connectivity index (χ0) is 24.0. The van der Waals surface area contributed by atoms with Gasteiger partial charge in [0.2, 0.25) is 0 Å². The first kappa shape index (κ1) is 25.2.